The van der Waals surface area contributed by atoms with E-state index in [9.17, 15) is 0 Å². The van der Waals surface area contributed by atoms with Crippen molar-refractivity contribution in [3.8, 4) is 0 Å². The number of hydrogen-bond acceptors (Lipinski definition) is 3. The molecule has 3 heteroatoms. The van der Waals surface area contributed by atoms with E-state index >= 15 is 0 Å². The van der Waals surface area contributed by atoms with E-state index in [0.29, 0.717) is 12.5 Å². The maximum atomic E-state index is 5.67. The fourth-order valence-corrected chi connectivity index (χ4v) is 2.27. The Labute approximate surface area is 79.4 Å². The van der Waals surface area contributed by atoms with Crippen LogP contribution in [0.3, 0.4) is 0 Å². The molecular formula is C10H18O3. The van der Waals surface area contributed by atoms with Gasteiger partial charge in [-0.1, -0.05) is 0 Å². The van der Waals surface area contributed by atoms with Crippen molar-refractivity contribution in [1.29, 1.82) is 0 Å². The fourth-order valence-electron chi connectivity index (χ4n) is 2.27. The molecule has 0 unspecified atom stereocenters. The monoisotopic (exact) mass is 186 g/mol. The van der Waals surface area contributed by atoms with Crippen LogP contribution < -0.4 is 0 Å². The van der Waals surface area contributed by atoms with Crippen LogP contribution in [-0.4, -0.2) is 25.8 Å². The lowest BCUT2D eigenvalue weighted by Crippen LogP contribution is -2.51. The summed E-state index contributed by atoms with van der Waals surface area (Å²) in [6.07, 6.45) is 4.64. The van der Waals surface area contributed by atoms with Crippen LogP contribution >= 0.6 is 0 Å². The van der Waals surface area contributed by atoms with Gasteiger partial charge in [0.1, 0.15) is 0 Å². The average molecular weight is 186 g/mol. The van der Waals surface area contributed by atoms with E-state index in [2.05, 4.69) is 0 Å². The van der Waals surface area contributed by atoms with Crippen molar-refractivity contribution < 1.29 is 14.2 Å². The standard InChI is InChI=1S/C10H18O3/c1-2-11-10-9(5-3-7-12-10)6-4-8-13-10/h9H,2-8H2,1H3. The third kappa shape index (κ3) is 1.73. The molecule has 0 bridgehead atoms. The van der Waals surface area contributed by atoms with Crippen LogP contribution in [0.4, 0.5) is 0 Å². The van der Waals surface area contributed by atoms with E-state index in [1.54, 1.807) is 0 Å². The minimum Gasteiger partial charge on any atom is -0.328 e. The first-order chi connectivity index (χ1) is 6.37. The van der Waals surface area contributed by atoms with Crippen molar-refractivity contribution in [2.24, 2.45) is 5.92 Å². The highest BCUT2D eigenvalue weighted by molar-refractivity contribution is 4.78. The van der Waals surface area contributed by atoms with Gasteiger partial charge in [-0.05, 0) is 32.6 Å². The van der Waals surface area contributed by atoms with E-state index in [1.807, 2.05) is 6.92 Å². The Morgan fingerprint density at radius 2 is 1.85 bits per heavy atom. The second kappa shape index (κ2) is 3.95. The summed E-state index contributed by atoms with van der Waals surface area (Å²) in [6, 6.07) is 0. The number of fused-ring (bicyclic) bond motifs is 1. The van der Waals surface area contributed by atoms with Crippen LogP contribution in [0.1, 0.15) is 32.6 Å². The zero-order valence-electron chi connectivity index (χ0n) is 8.25. The highest BCUT2D eigenvalue weighted by Crippen LogP contribution is 2.39. The maximum Gasteiger partial charge on any atom is 0.285 e. The molecule has 2 aliphatic rings. The second-order valence-corrected chi connectivity index (χ2v) is 3.71. The van der Waals surface area contributed by atoms with Crippen LogP contribution in [0, 0.1) is 5.92 Å². The Kier molecular flexibility index (Phi) is 2.86. The number of ether oxygens (including phenoxy) is 3. The SMILES string of the molecule is CCOC12OCCCC1CCCO2. The van der Waals surface area contributed by atoms with E-state index in [4.69, 9.17) is 14.2 Å². The van der Waals surface area contributed by atoms with Gasteiger partial charge in [-0.15, -0.1) is 0 Å². The van der Waals surface area contributed by atoms with Crippen LogP contribution in [0.15, 0.2) is 0 Å². The minimum absolute atomic E-state index is 0.454. The number of rotatable bonds is 2. The fraction of sp³-hybridized carbons (Fsp3) is 1.00. The van der Waals surface area contributed by atoms with Crippen molar-refractivity contribution in [2.75, 3.05) is 19.8 Å². The molecule has 0 aliphatic carbocycles. The first kappa shape index (κ1) is 9.44. The van der Waals surface area contributed by atoms with Gasteiger partial charge in [0.05, 0.1) is 13.2 Å². The van der Waals surface area contributed by atoms with Crippen molar-refractivity contribution in [3.05, 3.63) is 0 Å². The van der Waals surface area contributed by atoms with E-state index in [1.165, 1.54) is 12.8 Å². The van der Waals surface area contributed by atoms with E-state index in [-0.39, 0.29) is 0 Å². The van der Waals surface area contributed by atoms with Crippen molar-refractivity contribution in [1.82, 2.24) is 0 Å². The Hall–Kier alpha value is -0.120. The molecule has 76 valence electrons. The molecule has 2 aliphatic heterocycles. The summed E-state index contributed by atoms with van der Waals surface area (Å²) < 4.78 is 17.0. The van der Waals surface area contributed by atoms with Gasteiger partial charge in [0.25, 0.3) is 5.97 Å². The third-order valence-corrected chi connectivity index (χ3v) is 2.85. The molecule has 2 heterocycles. The van der Waals surface area contributed by atoms with Crippen LogP contribution in [0.25, 0.3) is 0 Å². The minimum atomic E-state index is -0.675. The molecule has 13 heavy (non-hydrogen) atoms. The molecule has 0 aromatic heterocycles. The molecule has 0 saturated carbocycles. The molecule has 0 radical (unpaired) electrons. The van der Waals surface area contributed by atoms with Crippen LogP contribution in [0.2, 0.25) is 0 Å². The smallest absolute Gasteiger partial charge is 0.285 e. The highest BCUT2D eigenvalue weighted by Gasteiger charge is 2.46. The molecule has 0 aromatic rings. The molecule has 2 saturated heterocycles. The van der Waals surface area contributed by atoms with Gasteiger partial charge in [-0.25, -0.2) is 0 Å². The van der Waals surface area contributed by atoms with Gasteiger partial charge < -0.3 is 14.2 Å². The molecule has 2 fully saturated rings. The zero-order chi connectivity index (χ0) is 9.15. The molecular weight excluding hydrogens is 168 g/mol. The van der Waals surface area contributed by atoms with Gasteiger partial charge in [0.2, 0.25) is 0 Å². The van der Waals surface area contributed by atoms with Crippen LogP contribution in [-0.2, 0) is 14.2 Å². The lowest BCUT2D eigenvalue weighted by Gasteiger charge is -2.45. The summed E-state index contributed by atoms with van der Waals surface area (Å²) in [4.78, 5) is 0. The Morgan fingerprint density at radius 1 is 1.23 bits per heavy atom. The topological polar surface area (TPSA) is 27.7 Å². The summed E-state index contributed by atoms with van der Waals surface area (Å²) in [5, 5.41) is 0. The summed E-state index contributed by atoms with van der Waals surface area (Å²) in [5.74, 6) is -0.222. The summed E-state index contributed by atoms with van der Waals surface area (Å²) in [7, 11) is 0. The van der Waals surface area contributed by atoms with Gasteiger partial charge in [0, 0.05) is 12.5 Å². The highest BCUT2D eigenvalue weighted by atomic mass is 16.9. The summed E-state index contributed by atoms with van der Waals surface area (Å²) >= 11 is 0. The van der Waals surface area contributed by atoms with Crippen molar-refractivity contribution >= 4 is 0 Å². The number of hydrogen-bond donors (Lipinski definition) is 0. The van der Waals surface area contributed by atoms with Gasteiger partial charge in [-0.3, -0.25) is 0 Å². The first-order valence-electron chi connectivity index (χ1n) is 5.29. The van der Waals surface area contributed by atoms with Gasteiger partial charge in [0.15, 0.2) is 0 Å². The lowest BCUT2D eigenvalue weighted by atomic mass is 9.91. The Morgan fingerprint density at radius 3 is 2.38 bits per heavy atom. The first-order valence-corrected chi connectivity index (χ1v) is 5.29. The molecule has 2 rings (SSSR count). The molecule has 0 atom stereocenters. The van der Waals surface area contributed by atoms with E-state index < -0.39 is 5.97 Å². The molecule has 0 amide bonds. The van der Waals surface area contributed by atoms with Crippen molar-refractivity contribution in [2.45, 2.75) is 38.6 Å². The summed E-state index contributed by atoms with van der Waals surface area (Å²) in [6.45, 7) is 4.20. The Balaban J connectivity index is 2.06. The molecule has 0 N–H and O–H groups in total. The zero-order valence-corrected chi connectivity index (χ0v) is 8.25. The van der Waals surface area contributed by atoms with E-state index in [0.717, 1.165) is 26.1 Å². The quantitative estimate of drug-likeness (QED) is 0.659. The largest absolute Gasteiger partial charge is 0.328 e. The molecule has 0 spiro atoms. The predicted octanol–water partition coefficient (Wildman–Crippen LogP) is 1.91. The van der Waals surface area contributed by atoms with Gasteiger partial charge in [-0.2, -0.15) is 0 Å². The maximum absolute atomic E-state index is 5.67. The molecule has 3 nitrogen and oxygen atoms in total. The third-order valence-electron chi connectivity index (χ3n) is 2.85. The van der Waals surface area contributed by atoms with Crippen LogP contribution in [0.5, 0.6) is 0 Å². The lowest BCUT2D eigenvalue weighted by molar-refractivity contribution is -0.426. The summed E-state index contributed by atoms with van der Waals surface area (Å²) in [5.41, 5.74) is 0. The average Bonchev–Trinajstić information content (AvgIpc) is 2.18. The Bertz CT molecular complexity index is 152. The molecule has 0 aromatic carbocycles. The van der Waals surface area contributed by atoms with Gasteiger partial charge >= 0.3 is 0 Å². The predicted molar refractivity (Wildman–Crippen MR) is 48.2 cm³/mol. The normalized spacial score (nSPS) is 39.9. The second-order valence-electron chi connectivity index (χ2n) is 3.71. The van der Waals surface area contributed by atoms with Crippen molar-refractivity contribution in [3.63, 3.8) is 0 Å².